The van der Waals surface area contributed by atoms with E-state index < -0.39 is 0 Å². The van der Waals surface area contributed by atoms with Crippen LogP contribution in [0.3, 0.4) is 0 Å². The van der Waals surface area contributed by atoms with Crippen LogP contribution >= 0.6 is 43.5 Å². The van der Waals surface area contributed by atoms with E-state index in [4.69, 9.17) is 11.6 Å². The molecule has 2 unspecified atom stereocenters. The van der Waals surface area contributed by atoms with Gasteiger partial charge in [-0.25, -0.2) is 0 Å². The van der Waals surface area contributed by atoms with Crippen molar-refractivity contribution in [3.63, 3.8) is 0 Å². The number of benzene rings is 1. The van der Waals surface area contributed by atoms with Crippen molar-refractivity contribution in [1.29, 1.82) is 0 Å². The van der Waals surface area contributed by atoms with E-state index in [1.165, 1.54) is 0 Å². The highest BCUT2D eigenvalue weighted by molar-refractivity contribution is 9.11. The van der Waals surface area contributed by atoms with Gasteiger partial charge in [-0.3, -0.25) is 0 Å². The van der Waals surface area contributed by atoms with Crippen molar-refractivity contribution in [2.75, 3.05) is 0 Å². The summed E-state index contributed by atoms with van der Waals surface area (Å²) in [4.78, 5) is 0. The number of halogens is 3. The van der Waals surface area contributed by atoms with Crippen LogP contribution in [0.4, 0.5) is 0 Å². The van der Waals surface area contributed by atoms with Gasteiger partial charge in [0.1, 0.15) is 0 Å². The quantitative estimate of drug-likeness (QED) is 0.603. The lowest BCUT2D eigenvalue weighted by Gasteiger charge is -2.23. The van der Waals surface area contributed by atoms with Gasteiger partial charge in [0.15, 0.2) is 0 Å². The third-order valence-electron chi connectivity index (χ3n) is 2.77. The highest BCUT2D eigenvalue weighted by Crippen LogP contribution is 2.38. The molecule has 2 atom stereocenters. The maximum atomic E-state index is 6.48. The van der Waals surface area contributed by atoms with Crippen molar-refractivity contribution >= 4 is 43.5 Å². The summed E-state index contributed by atoms with van der Waals surface area (Å²) in [5.74, 6) is 1.04. The largest absolute Gasteiger partial charge is 0.117 e. The summed E-state index contributed by atoms with van der Waals surface area (Å²) >= 11 is 13.5. The second-order valence-corrected chi connectivity index (χ2v) is 6.41. The molecule has 0 amide bonds. The molecule has 1 aromatic rings. The molecule has 0 aliphatic heterocycles. The molecule has 0 fully saturated rings. The Morgan fingerprint density at radius 3 is 2.27 bits per heavy atom. The van der Waals surface area contributed by atoms with E-state index in [-0.39, 0.29) is 5.38 Å². The van der Waals surface area contributed by atoms with Crippen LogP contribution in [-0.4, -0.2) is 0 Å². The van der Waals surface area contributed by atoms with E-state index in [1.807, 2.05) is 12.1 Å². The van der Waals surface area contributed by atoms with Crippen LogP contribution < -0.4 is 0 Å². The highest BCUT2D eigenvalue weighted by atomic mass is 79.9. The van der Waals surface area contributed by atoms with Crippen LogP contribution in [0, 0.1) is 11.8 Å². The third kappa shape index (κ3) is 3.47. The lowest BCUT2D eigenvalue weighted by molar-refractivity contribution is 0.405. The Morgan fingerprint density at radius 2 is 1.73 bits per heavy atom. The number of rotatable bonds is 3. The van der Waals surface area contributed by atoms with Crippen molar-refractivity contribution in [1.82, 2.24) is 0 Å². The van der Waals surface area contributed by atoms with Crippen LogP contribution in [0.15, 0.2) is 27.1 Å². The van der Waals surface area contributed by atoms with Crippen LogP contribution in [0.2, 0.25) is 0 Å². The predicted octanol–water partition coefficient (Wildman–Crippen LogP) is 5.78. The van der Waals surface area contributed by atoms with Crippen molar-refractivity contribution in [2.24, 2.45) is 11.8 Å². The first-order valence-corrected chi connectivity index (χ1v) is 7.04. The van der Waals surface area contributed by atoms with Crippen LogP contribution in [0.25, 0.3) is 0 Å². The summed E-state index contributed by atoms with van der Waals surface area (Å²) < 4.78 is 2.15. The van der Waals surface area contributed by atoms with Gasteiger partial charge in [0.2, 0.25) is 0 Å². The average molecular weight is 355 g/mol. The fraction of sp³-hybridized carbons (Fsp3) is 0.500. The molecule has 84 valence electrons. The zero-order valence-electron chi connectivity index (χ0n) is 9.10. The van der Waals surface area contributed by atoms with Crippen LogP contribution in [0.1, 0.15) is 31.7 Å². The van der Waals surface area contributed by atoms with Crippen molar-refractivity contribution in [3.8, 4) is 0 Å². The minimum absolute atomic E-state index is 0.0527. The summed E-state index contributed by atoms with van der Waals surface area (Å²) in [6.07, 6.45) is 0. The van der Waals surface area contributed by atoms with E-state index in [1.54, 1.807) is 0 Å². The second-order valence-electron chi connectivity index (χ2n) is 4.17. The van der Waals surface area contributed by atoms with E-state index in [2.05, 4.69) is 58.7 Å². The molecular weight excluding hydrogens is 339 g/mol. The Labute approximate surface area is 114 Å². The Morgan fingerprint density at radius 1 is 1.13 bits per heavy atom. The summed E-state index contributed by atoms with van der Waals surface area (Å²) in [6, 6.07) is 6.12. The Hall–Kier alpha value is 0.470. The van der Waals surface area contributed by atoms with E-state index in [9.17, 15) is 0 Å². The minimum Gasteiger partial charge on any atom is -0.117 e. The first-order valence-electron chi connectivity index (χ1n) is 5.02. The molecule has 1 rings (SSSR count). The average Bonchev–Trinajstić information content (AvgIpc) is 2.19. The molecule has 0 aliphatic rings. The van der Waals surface area contributed by atoms with Gasteiger partial charge in [-0.2, -0.15) is 0 Å². The molecule has 0 N–H and O–H groups in total. The minimum atomic E-state index is 0.0527. The number of alkyl halides is 1. The van der Waals surface area contributed by atoms with Gasteiger partial charge in [-0.1, -0.05) is 52.6 Å². The van der Waals surface area contributed by atoms with E-state index in [0.29, 0.717) is 11.8 Å². The lowest BCUT2D eigenvalue weighted by Crippen LogP contribution is -2.11. The van der Waals surface area contributed by atoms with Crippen LogP contribution in [0.5, 0.6) is 0 Å². The van der Waals surface area contributed by atoms with E-state index in [0.717, 1.165) is 14.5 Å². The maximum Gasteiger partial charge on any atom is 0.0624 e. The number of hydrogen-bond donors (Lipinski definition) is 0. The molecule has 0 radical (unpaired) electrons. The van der Waals surface area contributed by atoms with Gasteiger partial charge in [0, 0.05) is 8.95 Å². The van der Waals surface area contributed by atoms with Crippen molar-refractivity contribution < 1.29 is 0 Å². The highest BCUT2D eigenvalue weighted by Gasteiger charge is 2.21. The molecule has 0 heterocycles. The SMILES string of the molecule is CC(C)C(C)C(Cl)c1cc(Br)ccc1Br. The van der Waals surface area contributed by atoms with E-state index >= 15 is 0 Å². The Kier molecular flexibility index (Phi) is 5.14. The van der Waals surface area contributed by atoms with Gasteiger partial charge in [0.25, 0.3) is 0 Å². The van der Waals surface area contributed by atoms with Crippen molar-refractivity contribution in [3.05, 3.63) is 32.7 Å². The standard InChI is InChI=1S/C12H15Br2Cl/c1-7(2)8(3)12(15)10-6-9(13)4-5-11(10)14/h4-8,12H,1-3H3. The second kappa shape index (κ2) is 5.70. The molecule has 0 saturated carbocycles. The molecular formula is C12H15Br2Cl. The topological polar surface area (TPSA) is 0 Å². The predicted molar refractivity (Wildman–Crippen MR) is 74.4 cm³/mol. The Balaban J connectivity index is 2.99. The summed E-state index contributed by atoms with van der Waals surface area (Å²) in [6.45, 7) is 6.59. The van der Waals surface area contributed by atoms with Crippen molar-refractivity contribution in [2.45, 2.75) is 26.1 Å². The first kappa shape index (κ1) is 13.5. The number of hydrogen-bond acceptors (Lipinski definition) is 0. The van der Waals surface area contributed by atoms with Gasteiger partial charge in [0.05, 0.1) is 5.38 Å². The molecule has 3 heteroatoms. The summed E-state index contributed by atoms with van der Waals surface area (Å²) in [7, 11) is 0. The molecule has 0 aliphatic carbocycles. The van der Waals surface area contributed by atoms with Gasteiger partial charge in [-0.15, -0.1) is 11.6 Å². The Bertz CT molecular complexity index is 336. The molecule has 0 bridgehead atoms. The molecule has 0 spiro atoms. The monoisotopic (exact) mass is 352 g/mol. The molecule has 0 nitrogen and oxygen atoms in total. The summed E-state index contributed by atoms with van der Waals surface area (Å²) in [5.41, 5.74) is 1.16. The summed E-state index contributed by atoms with van der Waals surface area (Å²) in [5, 5.41) is 0.0527. The molecule has 1 aromatic carbocycles. The lowest BCUT2D eigenvalue weighted by atomic mass is 9.90. The smallest absolute Gasteiger partial charge is 0.0624 e. The zero-order valence-corrected chi connectivity index (χ0v) is 13.0. The fourth-order valence-corrected chi connectivity index (χ4v) is 2.82. The first-order chi connectivity index (χ1) is 6.93. The molecule has 15 heavy (non-hydrogen) atoms. The zero-order chi connectivity index (χ0) is 11.6. The maximum absolute atomic E-state index is 6.48. The molecule has 0 saturated heterocycles. The normalized spacial score (nSPS) is 15.4. The fourth-order valence-electron chi connectivity index (χ4n) is 1.35. The molecule has 0 aromatic heterocycles. The van der Waals surface area contributed by atoms with Gasteiger partial charge >= 0.3 is 0 Å². The van der Waals surface area contributed by atoms with Gasteiger partial charge < -0.3 is 0 Å². The van der Waals surface area contributed by atoms with Gasteiger partial charge in [-0.05, 0) is 35.6 Å². The van der Waals surface area contributed by atoms with Crippen LogP contribution in [-0.2, 0) is 0 Å². The third-order valence-corrected chi connectivity index (χ3v) is 4.62.